The first kappa shape index (κ1) is 13.8. The van der Waals surface area contributed by atoms with Crippen LogP contribution in [0, 0.1) is 12.3 Å². The minimum Gasteiger partial charge on any atom is -0.396 e. The number of nitrogens with zero attached hydrogens (tertiary/aromatic N) is 3. The number of rotatable bonds is 6. The Kier molecular flexibility index (Phi) is 4.04. The van der Waals surface area contributed by atoms with Crippen molar-refractivity contribution in [1.29, 1.82) is 0 Å². The highest BCUT2D eigenvalue weighted by Gasteiger charge is 2.25. The smallest absolute Gasteiger partial charge is 0.152 e. The molecule has 0 fully saturated rings. The SMILES string of the molecule is CCC(CC)(CO)CNc1nccn2nc(C)cc12. The van der Waals surface area contributed by atoms with Gasteiger partial charge in [0.2, 0.25) is 0 Å². The molecule has 2 heterocycles. The molecule has 0 spiro atoms. The van der Waals surface area contributed by atoms with E-state index in [0.29, 0.717) is 6.54 Å². The number of fused-ring (bicyclic) bond motifs is 1. The lowest BCUT2D eigenvalue weighted by atomic mass is 9.83. The summed E-state index contributed by atoms with van der Waals surface area (Å²) in [6, 6.07) is 2.01. The normalized spacial score (nSPS) is 12.0. The van der Waals surface area contributed by atoms with Crippen LogP contribution in [0.4, 0.5) is 5.82 Å². The van der Waals surface area contributed by atoms with E-state index in [-0.39, 0.29) is 12.0 Å². The van der Waals surface area contributed by atoms with Crippen molar-refractivity contribution in [2.75, 3.05) is 18.5 Å². The molecule has 0 atom stereocenters. The van der Waals surface area contributed by atoms with E-state index in [0.717, 1.165) is 29.9 Å². The average molecular weight is 262 g/mol. The molecule has 0 aromatic carbocycles. The highest BCUT2D eigenvalue weighted by atomic mass is 16.3. The van der Waals surface area contributed by atoms with Crippen molar-refractivity contribution >= 4 is 11.3 Å². The lowest BCUT2D eigenvalue weighted by molar-refractivity contribution is 0.127. The van der Waals surface area contributed by atoms with Gasteiger partial charge in [-0.15, -0.1) is 0 Å². The number of hydrogen-bond donors (Lipinski definition) is 2. The standard InChI is InChI=1S/C14H22N4O/c1-4-14(5-2,10-19)9-16-13-12-8-11(3)17-18(12)7-6-15-13/h6-8,19H,4-5,9-10H2,1-3H3,(H,15,16). The second-order valence-electron chi connectivity index (χ2n) is 5.11. The summed E-state index contributed by atoms with van der Waals surface area (Å²) in [5.74, 6) is 0.822. The monoisotopic (exact) mass is 262 g/mol. The summed E-state index contributed by atoms with van der Waals surface area (Å²) in [6.45, 7) is 7.09. The molecule has 2 N–H and O–H groups in total. The number of aliphatic hydroxyl groups is 1. The van der Waals surface area contributed by atoms with Crippen molar-refractivity contribution in [3.8, 4) is 0 Å². The van der Waals surface area contributed by atoms with E-state index in [1.165, 1.54) is 0 Å². The molecule has 2 aromatic rings. The first-order valence-corrected chi connectivity index (χ1v) is 6.80. The molecule has 0 saturated heterocycles. The summed E-state index contributed by atoms with van der Waals surface area (Å²) in [6.07, 6.45) is 5.45. The molecule has 0 saturated carbocycles. The first-order chi connectivity index (χ1) is 9.14. The van der Waals surface area contributed by atoms with Crippen molar-refractivity contribution in [1.82, 2.24) is 14.6 Å². The topological polar surface area (TPSA) is 62.5 Å². The van der Waals surface area contributed by atoms with Gasteiger partial charge in [-0.1, -0.05) is 13.8 Å². The lowest BCUT2D eigenvalue weighted by Gasteiger charge is -2.29. The van der Waals surface area contributed by atoms with Crippen LogP contribution >= 0.6 is 0 Å². The summed E-state index contributed by atoms with van der Waals surface area (Å²) in [5, 5.41) is 17.3. The molecule has 0 unspecified atom stereocenters. The van der Waals surface area contributed by atoms with E-state index in [4.69, 9.17) is 0 Å². The molecule has 2 aromatic heterocycles. The van der Waals surface area contributed by atoms with Crippen LogP contribution in [0.3, 0.4) is 0 Å². The largest absolute Gasteiger partial charge is 0.396 e. The molecule has 5 heteroatoms. The zero-order valence-corrected chi connectivity index (χ0v) is 11.8. The van der Waals surface area contributed by atoms with Crippen LogP contribution in [-0.2, 0) is 0 Å². The van der Waals surface area contributed by atoms with Crippen LogP contribution in [-0.4, -0.2) is 32.9 Å². The number of hydrogen-bond acceptors (Lipinski definition) is 4. The molecule has 0 radical (unpaired) electrons. The van der Waals surface area contributed by atoms with Gasteiger partial charge in [-0.2, -0.15) is 5.10 Å². The third-order valence-electron chi connectivity index (χ3n) is 3.98. The second kappa shape index (κ2) is 5.57. The van der Waals surface area contributed by atoms with Gasteiger partial charge in [0.15, 0.2) is 5.82 Å². The Balaban J connectivity index is 2.22. The lowest BCUT2D eigenvalue weighted by Crippen LogP contribution is -2.32. The predicted octanol–water partition coefficient (Wildman–Crippen LogP) is 2.25. The van der Waals surface area contributed by atoms with Gasteiger partial charge in [0.25, 0.3) is 0 Å². The van der Waals surface area contributed by atoms with Crippen LogP contribution in [0.2, 0.25) is 0 Å². The maximum absolute atomic E-state index is 9.59. The second-order valence-corrected chi connectivity index (χ2v) is 5.11. The third-order valence-corrected chi connectivity index (χ3v) is 3.98. The van der Waals surface area contributed by atoms with Crippen LogP contribution in [0.1, 0.15) is 32.4 Å². The highest BCUT2D eigenvalue weighted by molar-refractivity contribution is 5.67. The minimum atomic E-state index is -0.0798. The Morgan fingerprint density at radius 3 is 2.74 bits per heavy atom. The van der Waals surface area contributed by atoms with Crippen molar-refractivity contribution in [2.24, 2.45) is 5.41 Å². The number of aromatic nitrogens is 3. The molecule has 19 heavy (non-hydrogen) atoms. The van der Waals surface area contributed by atoms with Crippen LogP contribution in [0.5, 0.6) is 0 Å². The Hall–Kier alpha value is -1.62. The molecule has 0 aliphatic rings. The minimum absolute atomic E-state index is 0.0798. The fourth-order valence-electron chi connectivity index (χ4n) is 2.23. The van der Waals surface area contributed by atoms with Crippen molar-refractivity contribution in [3.63, 3.8) is 0 Å². The number of aryl methyl sites for hydroxylation is 1. The summed E-state index contributed by atoms with van der Waals surface area (Å²) in [7, 11) is 0. The van der Waals surface area contributed by atoms with E-state index in [1.807, 2.05) is 23.7 Å². The maximum Gasteiger partial charge on any atom is 0.152 e. The molecule has 0 aliphatic carbocycles. The maximum atomic E-state index is 9.59. The van der Waals surface area contributed by atoms with E-state index < -0.39 is 0 Å². The van der Waals surface area contributed by atoms with Gasteiger partial charge in [-0.05, 0) is 25.8 Å². The number of nitrogens with one attached hydrogen (secondary N) is 1. The summed E-state index contributed by atoms with van der Waals surface area (Å²) in [5.41, 5.74) is 1.86. The molecular formula is C14H22N4O. The number of anilines is 1. The molecule has 0 amide bonds. The molecule has 0 bridgehead atoms. The van der Waals surface area contributed by atoms with Gasteiger partial charge in [0.05, 0.1) is 12.3 Å². The van der Waals surface area contributed by atoms with E-state index in [9.17, 15) is 5.11 Å². The van der Waals surface area contributed by atoms with E-state index in [1.54, 1.807) is 6.20 Å². The molecule has 2 rings (SSSR count). The zero-order valence-electron chi connectivity index (χ0n) is 11.8. The van der Waals surface area contributed by atoms with Gasteiger partial charge < -0.3 is 10.4 Å². The number of aliphatic hydroxyl groups excluding tert-OH is 1. The van der Waals surface area contributed by atoms with E-state index >= 15 is 0 Å². The molecular weight excluding hydrogens is 240 g/mol. The summed E-state index contributed by atoms with van der Waals surface area (Å²) < 4.78 is 1.82. The Morgan fingerprint density at radius 1 is 1.37 bits per heavy atom. The zero-order chi connectivity index (χ0) is 13.9. The molecule has 5 nitrogen and oxygen atoms in total. The fraction of sp³-hybridized carbons (Fsp3) is 0.571. The van der Waals surface area contributed by atoms with Gasteiger partial charge in [-0.3, -0.25) is 0 Å². The van der Waals surface area contributed by atoms with E-state index in [2.05, 4.69) is 29.2 Å². The van der Waals surface area contributed by atoms with Crippen molar-refractivity contribution < 1.29 is 5.11 Å². The van der Waals surface area contributed by atoms with Crippen LogP contribution in [0.15, 0.2) is 18.5 Å². The van der Waals surface area contributed by atoms with Gasteiger partial charge in [0, 0.05) is 24.4 Å². The summed E-state index contributed by atoms with van der Waals surface area (Å²) in [4.78, 5) is 4.37. The van der Waals surface area contributed by atoms with Crippen molar-refractivity contribution in [3.05, 3.63) is 24.2 Å². The average Bonchev–Trinajstić information content (AvgIpc) is 2.82. The summed E-state index contributed by atoms with van der Waals surface area (Å²) >= 11 is 0. The Labute approximate surface area is 113 Å². The predicted molar refractivity (Wildman–Crippen MR) is 76.3 cm³/mol. The van der Waals surface area contributed by atoms with Crippen LogP contribution < -0.4 is 5.32 Å². The fourth-order valence-corrected chi connectivity index (χ4v) is 2.23. The van der Waals surface area contributed by atoms with Gasteiger partial charge in [-0.25, -0.2) is 9.50 Å². The third kappa shape index (κ3) is 2.71. The molecule has 104 valence electrons. The first-order valence-electron chi connectivity index (χ1n) is 6.80. The van der Waals surface area contributed by atoms with Gasteiger partial charge >= 0.3 is 0 Å². The molecule has 0 aliphatic heterocycles. The van der Waals surface area contributed by atoms with Crippen molar-refractivity contribution in [2.45, 2.75) is 33.6 Å². The van der Waals surface area contributed by atoms with Gasteiger partial charge in [0.1, 0.15) is 5.52 Å². The van der Waals surface area contributed by atoms with Crippen LogP contribution in [0.25, 0.3) is 5.52 Å². The Bertz CT molecular complexity index is 537. The Morgan fingerprint density at radius 2 is 2.11 bits per heavy atom. The highest BCUT2D eigenvalue weighted by Crippen LogP contribution is 2.26. The quantitative estimate of drug-likeness (QED) is 0.838.